The second-order valence-corrected chi connectivity index (χ2v) is 5.22. The molecule has 1 fully saturated rings. The highest BCUT2D eigenvalue weighted by molar-refractivity contribution is 9.10. The van der Waals surface area contributed by atoms with Crippen LogP contribution in [-0.2, 0) is 16.1 Å². The van der Waals surface area contributed by atoms with E-state index >= 15 is 0 Å². The highest BCUT2D eigenvalue weighted by atomic mass is 79.9. The van der Waals surface area contributed by atoms with Crippen molar-refractivity contribution in [3.8, 4) is 5.88 Å². The van der Waals surface area contributed by atoms with Gasteiger partial charge < -0.3 is 20.1 Å². The average molecular weight is 359 g/mol. The maximum absolute atomic E-state index is 11.6. The molecule has 2 amide bonds. The van der Waals surface area contributed by atoms with Crippen molar-refractivity contribution in [1.82, 2.24) is 20.6 Å². The maximum atomic E-state index is 11.6. The van der Waals surface area contributed by atoms with Crippen molar-refractivity contribution in [3.05, 3.63) is 16.5 Å². The first-order chi connectivity index (χ1) is 10.1. The van der Waals surface area contributed by atoms with Gasteiger partial charge >= 0.3 is 6.09 Å². The number of carbonyl (C=O) groups is 2. The number of halogens is 1. The number of ether oxygens (including phenoxy) is 2. The Labute approximate surface area is 129 Å². The van der Waals surface area contributed by atoms with Gasteiger partial charge in [-0.2, -0.15) is 0 Å². The third-order valence-corrected chi connectivity index (χ3v) is 3.28. The summed E-state index contributed by atoms with van der Waals surface area (Å²) in [6.45, 7) is 0.292. The highest BCUT2D eigenvalue weighted by Crippen LogP contribution is 2.16. The van der Waals surface area contributed by atoms with Crippen molar-refractivity contribution in [2.45, 2.75) is 25.5 Å². The number of nitrogens with zero attached hydrogens (tertiary/aromatic N) is 2. The van der Waals surface area contributed by atoms with Crippen molar-refractivity contribution in [2.24, 2.45) is 0 Å². The second kappa shape index (κ2) is 7.21. The van der Waals surface area contributed by atoms with Gasteiger partial charge in [-0.1, -0.05) is 0 Å². The van der Waals surface area contributed by atoms with Crippen LogP contribution in [0, 0.1) is 0 Å². The van der Waals surface area contributed by atoms with E-state index in [4.69, 9.17) is 9.47 Å². The predicted octanol–water partition coefficient (Wildman–Crippen LogP) is 0.752. The fraction of sp³-hybridized carbons (Fsp3) is 0.500. The number of amides is 2. The zero-order valence-corrected chi connectivity index (χ0v) is 13.0. The fourth-order valence-corrected chi connectivity index (χ4v) is 2.12. The summed E-state index contributed by atoms with van der Waals surface area (Å²) in [4.78, 5) is 30.7. The van der Waals surface area contributed by atoms with Crippen LogP contribution in [0.2, 0.25) is 0 Å². The molecule has 1 saturated heterocycles. The lowest BCUT2D eigenvalue weighted by molar-refractivity contribution is -0.119. The van der Waals surface area contributed by atoms with E-state index in [1.807, 2.05) is 0 Å². The van der Waals surface area contributed by atoms with E-state index in [9.17, 15) is 9.59 Å². The van der Waals surface area contributed by atoms with Gasteiger partial charge in [-0.15, -0.1) is 0 Å². The number of methoxy groups -OCH3 is 1. The lowest BCUT2D eigenvalue weighted by atomic mass is 10.2. The molecule has 0 spiro atoms. The van der Waals surface area contributed by atoms with Crippen LogP contribution < -0.4 is 15.4 Å². The van der Waals surface area contributed by atoms with Gasteiger partial charge in [0.2, 0.25) is 11.8 Å². The van der Waals surface area contributed by atoms with Gasteiger partial charge in [0.25, 0.3) is 0 Å². The van der Waals surface area contributed by atoms with E-state index in [2.05, 4.69) is 36.5 Å². The monoisotopic (exact) mass is 358 g/mol. The Hall–Kier alpha value is -1.90. The largest absolute Gasteiger partial charge is 0.480 e. The highest BCUT2D eigenvalue weighted by Gasteiger charge is 2.21. The van der Waals surface area contributed by atoms with Crippen LogP contribution in [0.15, 0.2) is 10.8 Å². The lowest BCUT2D eigenvalue weighted by Crippen LogP contribution is -2.38. The summed E-state index contributed by atoms with van der Waals surface area (Å²) in [5, 5.41) is 5.34. The first-order valence-corrected chi connectivity index (χ1v) is 7.13. The summed E-state index contributed by atoms with van der Waals surface area (Å²) in [6.07, 6.45) is 2.12. The molecular formula is C12H15BrN4O4. The van der Waals surface area contributed by atoms with E-state index in [1.54, 1.807) is 0 Å². The Bertz CT molecular complexity index is 540. The van der Waals surface area contributed by atoms with Gasteiger partial charge in [0.1, 0.15) is 16.9 Å². The Balaban J connectivity index is 1.77. The summed E-state index contributed by atoms with van der Waals surface area (Å²) >= 11 is 3.18. The first-order valence-electron chi connectivity index (χ1n) is 6.34. The molecule has 0 saturated carbocycles. The number of rotatable bonds is 5. The van der Waals surface area contributed by atoms with Gasteiger partial charge in [-0.3, -0.25) is 4.79 Å². The van der Waals surface area contributed by atoms with Crippen LogP contribution in [0.4, 0.5) is 4.79 Å². The number of hydrogen-bond acceptors (Lipinski definition) is 6. The van der Waals surface area contributed by atoms with E-state index in [0.29, 0.717) is 35.6 Å². The molecule has 9 heteroatoms. The molecular weight excluding hydrogens is 344 g/mol. The van der Waals surface area contributed by atoms with Crippen LogP contribution in [-0.4, -0.2) is 41.7 Å². The van der Waals surface area contributed by atoms with Crippen molar-refractivity contribution < 1.29 is 19.1 Å². The zero-order chi connectivity index (χ0) is 15.2. The Morgan fingerprint density at radius 1 is 1.62 bits per heavy atom. The summed E-state index contributed by atoms with van der Waals surface area (Å²) < 4.78 is 10.6. The van der Waals surface area contributed by atoms with Crippen LogP contribution in [0.25, 0.3) is 0 Å². The standard InChI is InChI=1S/C12H15BrN4O4/c1-20-11-8(14-5-9(13)17-11)6-21-12(19)15-4-7-2-3-10(18)16-7/h5,7H,2-4,6H2,1H3,(H,15,19)(H,16,18). The van der Waals surface area contributed by atoms with Gasteiger partial charge in [-0.25, -0.2) is 14.8 Å². The minimum Gasteiger partial charge on any atom is -0.480 e. The van der Waals surface area contributed by atoms with Gasteiger partial charge in [0.05, 0.1) is 13.3 Å². The molecule has 0 radical (unpaired) electrons. The predicted molar refractivity (Wildman–Crippen MR) is 75.6 cm³/mol. The van der Waals surface area contributed by atoms with Crippen molar-refractivity contribution in [1.29, 1.82) is 0 Å². The summed E-state index contributed by atoms with van der Waals surface area (Å²) in [7, 11) is 1.46. The lowest BCUT2D eigenvalue weighted by Gasteiger charge is -2.12. The van der Waals surface area contributed by atoms with E-state index in [-0.39, 0.29) is 18.6 Å². The molecule has 114 valence electrons. The summed E-state index contributed by atoms with van der Waals surface area (Å²) in [6, 6.07) is -0.0351. The van der Waals surface area contributed by atoms with E-state index < -0.39 is 6.09 Å². The molecule has 21 heavy (non-hydrogen) atoms. The van der Waals surface area contributed by atoms with Crippen molar-refractivity contribution in [3.63, 3.8) is 0 Å². The molecule has 0 aliphatic carbocycles. The normalized spacial score (nSPS) is 17.2. The Morgan fingerprint density at radius 2 is 2.43 bits per heavy atom. The van der Waals surface area contributed by atoms with Crippen LogP contribution in [0.3, 0.4) is 0 Å². The molecule has 2 rings (SSSR count). The smallest absolute Gasteiger partial charge is 0.407 e. The van der Waals surface area contributed by atoms with Crippen LogP contribution >= 0.6 is 15.9 Å². The molecule has 1 aromatic heterocycles. The minimum absolute atomic E-state index is 0.00467. The fourth-order valence-electron chi connectivity index (χ4n) is 1.86. The minimum atomic E-state index is -0.581. The Morgan fingerprint density at radius 3 is 3.10 bits per heavy atom. The molecule has 1 aromatic rings. The topological polar surface area (TPSA) is 102 Å². The van der Waals surface area contributed by atoms with Crippen LogP contribution in [0.1, 0.15) is 18.5 Å². The molecule has 1 aliphatic rings. The van der Waals surface area contributed by atoms with E-state index in [0.717, 1.165) is 0 Å². The summed E-state index contributed by atoms with van der Waals surface area (Å²) in [5.41, 5.74) is 0.421. The Kier molecular flexibility index (Phi) is 5.32. The molecule has 0 aromatic carbocycles. The van der Waals surface area contributed by atoms with Crippen LogP contribution in [0.5, 0.6) is 5.88 Å². The molecule has 1 unspecified atom stereocenters. The molecule has 2 N–H and O–H groups in total. The third kappa shape index (κ3) is 4.55. The second-order valence-electron chi connectivity index (χ2n) is 4.41. The number of aromatic nitrogens is 2. The van der Waals surface area contributed by atoms with Crippen molar-refractivity contribution in [2.75, 3.05) is 13.7 Å². The molecule has 1 atom stereocenters. The number of carbonyl (C=O) groups excluding carboxylic acids is 2. The van der Waals surface area contributed by atoms with Crippen molar-refractivity contribution >= 4 is 27.9 Å². The van der Waals surface area contributed by atoms with Gasteiger partial charge in [0.15, 0.2) is 0 Å². The van der Waals surface area contributed by atoms with Gasteiger partial charge in [0, 0.05) is 19.0 Å². The molecule has 8 nitrogen and oxygen atoms in total. The molecule has 0 bridgehead atoms. The zero-order valence-electron chi connectivity index (χ0n) is 11.4. The average Bonchev–Trinajstić information content (AvgIpc) is 2.89. The maximum Gasteiger partial charge on any atom is 0.407 e. The summed E-state index contributed by atoms with van der Waals surface area (Å²) in [5.74, 6) is 0.297. The number of alkyl carbamates (subject to hydrolysis) is 1. The number of hydrogen-bond donors (Lipinski definition) is 2. The van der Waals surface area contributed by atoms with E-state index in [1.165, 1.54) is 13.3 Å². The third-order valence-electron chi connectivity index (χ3n) is 2.89. The SMILES string of the molecule is COc1nc(Br)cnc1COC(=O)NCC1CCC(=O)N1. The molecule has 2 heterocycles. The first kappa shape index (κ1) is 15.5. The molecule has 1 aliphatic heterocycles. The quantitative estimate of drug-likeness (QED) is 0.805. The van der Waals surface area contributed by atoms with Gasteiger partial charge in [-0.05, 0) is 22.4 Å². The number of nitrogens with one attached hydrogen (secondary N) is 2.